The van der Waals surface area contributed by atoms with Gasteiger partial charge in [-0.15, -0.1) is 0 Å². The van der Waals surface area contributed by atoms with Crippen molar-refractivity contribution >= 4 is 46.2 Å². The highest BCUT2D eigenvalue weighted by Gasteiger charge is 2.42. The second-order valence-electron chi connectivity index (χ2n) is 10.8. The van der Waals surface area contributed by atoms with E-state index in [4.69, 9.17) is 33.5 Å². The lowest BCUT2D eigenvalue weighted by molar-refractivity contribution is -0.118. The molecule has 44 heavy (non-hydrogen) atoms. The van der Waals surface area contributed by atoms with Crippen LogP contribution in [0.4, 0.5) is 11.4 Å². The summed E-state index contributed by atoms with van der Waals surface area (Å²) in [5, 5.41) is 7.74. The molecule has 2 atom stereocenters. The van der Waals surface area contributed by atoms with Crippen molar-refractivity contribution in [2.45, 2.75) is 32.9 Å². The zero-order chi connectivity index (χ0) is 30.8. The van der Waals surface area contributed by atoms with Crippen LogP contribution in [0, 0.1) is 20.8 Å². The molecule has 222 valence electrons. The number of aryl methyl sites for hydroxylation is 2. The van der Waals surface area contributed by atoms with Gasteiger partial charge in [0.05, 0.1) is 17.8 Å². The Morgan fingerprint density at radius 1 is 0.977 bits per heavy atom. The predicted octanol–water partition coefficient (Wildman–Crippen LogP) is 7.65. The maximum Gasteiger partial charge on any atom is 0.262 e. The number of hydrogen-bond donors (Lipinski definition) is 2. The molecule has 0 radical (unpaired) electrons. The van der Waals surface area contributed by atoms with Gasteiger partial charge in [-0.2, -0.15) is 0 Å². The number of ether oxygens (including phenoxy) is 1. The van der Waals surface area contributed by atoms with Gasteiger partial charge in [0.25, 0.3) is 5.91 Å². The minimum atomic E-state index is -0.239. The highest BCUT2D eigenvalue weighted by Crippen LogP contribution is 2.44. The van der Waals surface area contributed by atoms with Gasteiger partial charge in [-0.05, 0) is 111 Å². The second kappa shape index (κ2) is 12.5. The number of aromatic nitrogens is 2. The molecule has 6 rings (SSSR count). The lowest BCUT2D eigenvalue weighted by atomic mass is 9.96. The van der Waals surface area contributed by atoms with Crippen molar-refractivity contribution in [2.75, 3.05) is 16.8 Å². The van der Waals surface area contributed by atoms with E-state index in [1.54, 1.807) is 6.20 Å². The normalized spacial score (nSPS) is 16.1. The maximum absolute atomic E-state index is 12.6. The van der Waals surface area contributed by atoms with Gasteiger partial charge in [-0.25, -0.2) is 0 Å². The SMILES string of the molecule is Cc1ccc(Cl)cc1-n1c(C)cc([C@@H]2[C@H](c3ccccn3)NC(=S)N2c2ccc(NC(=O)COc3ccccc3)cc2)c1C. The van der Waals surface area contributed by atoms with E-state index in [0.717, 1.165) is 39.6 Å². The third-order valence-corrected chi connectivity index (χ3v) is 8.39. The molecule has 2 N–H and O–H groups in total. The number of carbonyl (C=O) groups excluding carboxylic acids is 1. The average molecular weight is 622 g/mol. The molecule has 1 amide bonds. The Bertz CT molecular complexity index is 1810. The quantitative estimate of drug-likeness (QED) is 0.174. The molecule has 1 saturated heterocycles. The van der Waals surface area contributed by atoms with Crippen molar-refractivity contribution in [1.82, 2.24) is 14.9 Å². The molecule has 7 nitrogen and oxygen atoms in total. The number of benzene rings is 3. The molecule has 1 aliphatic heterocycles. The van der Waals surface area contributed by atoms with Crippen LogP contribution in [-0.2, 0) is 4.79 Å². The third kappa shape index (κ3) is 5.91. The molecule has 2 aromatic heterocycles. The van der Waals surface area contributed by atoms with Gasteiger partial charge in [0, 0.05) is 39.7 Å². The number of para-hydroxylation sites is 1. The highest BCUT2D eigenvalue weighted by molar-refractivity contribution is 7.80. The van der Waals surface area contributed by atoms with E-state index in [0.29, 0.717) is 21.6 Å². The van der Waals surface area contributed by atoms with Gasteiger partial charge in [0.15, 0.2) is 11.7 Å². The van der Waals surface area contributed by atoms with E-state index >= 15 is 0 Å². The second-order valence-corrected chi connectivity index (χ2v) is 11.6. The standard InChI is InChI=1S/C35H32ClN5O2S/c1-22-12-13-25(36)20-31(22)40-23(2)19-29(24(40)3)34-33(30-11-7-8-18-37-30)39-35(44)41(34)27-16-14-26(15-17-27)38-32(42)21-43-28-9-5-4-6-10-28/h4-20,33-34H,21H2,1-3H3,(H,38,42)(H,39,44)/t33-,34+/m0/s1. The molecule has 9 heteroatoms. The Hall–Kier alpha value is -4.66. The summed E-state index contributed by atoms with van der Waals surface area (Å²) in [5.41, 5.74) is 7.95. The van der Waals surface area contributed by atoms with Gasteiger partial charge < -0.3 is 24.8 Å². The molecule has 0 spiro atoms. The molecular weight excluding hydrogens is 590 g/mol. The Balaban J connectivity index is 1.32. The Morgan fingerprint density at radius 3 is 2.45 bits per heavy atom. The molecule has 5 aromatic rings. The monoisotopic (exact) mass is 621 g/mol. The van der Waals surface area contributed by atoms with E-state index in [1.165, 1.54) is 0 Å². The van der Waals surface area contributed by atoms with Gasteiger partial charge in [0.2, 0.25) is 0 Å². The van der Waals surface area contributed by atoms with Crippen LogP contribution in [0.15, 0.2) is 103 Å². The van der Waals surface area contributed by atoms with E-state index in [-0.39, 0.29) is 24.6 Å². The highest BCUT2D eigenvalue weighted by atomic mass is 35.5. The van der Waals surface area contributed by atoms with Crippen LogP contribution < -0.4 is 20.3 Å². The summed E-state index contributed by atoms with van der Waals surface area (Å²) in [6, 6.07) is 30.7. The summed E-state index contributed by atoms with van der Waals surface area (Å²) in [6.07, 6.45) is 1.80. The molecule has 3 heterocycles. The van der Waals surface area contributed by atoms with Crippen LogP contribution in [0.3, 0.4) is 0 Å². The fourth-order valence-corrected chi connectivity index (χ4v) is 6.31. The largest absolute Gasteiger partial charge is 0.484 e. The summed E-state index contributed by atoms with van der Waals surface area (Å²) in [6.45, 7) is 6.25. The number of hydrogen-bond acceptors (Lipinski definition) is 4. The van der Waals surface area contributed by atoms with Crippen LogP contribution in [-0.4, -0.2) is 27.2 Å². The first-order valence-electron chi connectivity index (χ1n) is 14.3. The molecule has 3 aromatic carbocycles. The van der Waals surface area contributed by atoms with Crippen molar-refractivity contribution in [1.29, 1.82) is 0 Å². The first kappa shape index (κ1) is 29.4. The van der Waals surface area contributed by atoms with Crippen molar-refractivity contribution in [3.63, 3.8) is 0 Å². The molecule has 0 saturated carbocycles. The fraction of sp³-hybridized carbons (Fsp3) is 0.171. The minimum absolute atomic E-state index is 0.0819. The molecule has 1 fully saturated rings. The Labute approximate surface area is 267 Å². The van der Waals surface area contributed by atoms with Crippen molar-refractivity contribution in [2.24, 2.45) is 0 Å². The van der Waals surface area contributed by atoms with E-state index < -0.39 is 0 Å². The van der Waals surface area contributed by atoms with E-state index in [9.17, 15) is 4.79 Å². The zero-order valence-corrected chi connectivity index (χ0v) is 26.2. The summed E-state index contributed by atoms with van der Waals surface area (Å²) in [5.74, 6) is 0.406. The molecule has 1 aliphatic rings. The minimum Gasteiger partial charge on any atom is -0.484 e. The number of pyridine rings is 1. The number of rotatable bonds is 8. The lowest BCUT2D eigenvalue weighted by Gasteiger charge is -2.28. The summed E-state index contributed by atoms with van der Waals surface area (Å²) >= 11 is 12.4. The summed E-state index contributed by atoms with van der Waals surface area (Å²) in [4.78, 5) is 19.4. The van der Waals surface area contributed by atoms with Crippen LogP contribution in [0.1, 0.15) is 40.3 Å². The van der Waals surface area contributed by atoms with Crippen LogP contribution in [0.25, 0.3) is 5.69 Å². The van der Waals surface area contributed by atoms with Gasteiger partial charge in [0.1, 0.15) is 5.75 Å². The molecular formula is C35H32ClN5O2S. The van der Waals surface area contributed by atoms with Crippen LogP contribution in [0.5, 0.6) is 5.75 Å². The number of carbonyl (C=O) groups is 1. The number of nitrogens with zero attached hydrogens (tertiary/aromatic N) is 3. The summed E-state index contributed by atoms with van der Waals surface area (Å²) in [7, 11) is 0. The predicted molar refractivity (Wildman–Crippen MR) is 180 cm³/mol. The first-order valence-corrected chi connectivity index (χ1v) is 15.1. The average Bonchev–Trinajstić information content (AvgIpc) is 3.53. The smallest absolute Gasteiger partial charge is 0.262 e. The topological polar surface area (TPSA) is 71.4 Å². The van der Waals surface area contributed by atoms with Gasteiger partial charge in [-0.3, -0.25) is 9.78 Å². The zero-order valence-electron chi connectivity index (χ0n) is 24.6. The van der Waals surface area contributed by atoms with E-state index in [1.807, 2.05) is 91.0 Å². The Kier molecular flexibility index (Phi) is 8.37. The van der Waals surface area contributed by atoms with Crippen molar-refractivity contribution < 1.29 is 9.53 Å². The van der Waals surface area contributed by atoms with Crippen molar-refractivity contribution in [3.05, 3.63) is 136 Å². The van der Waals surface area contributed by atoms with Crippen LogP contribution >= 0.6 is 23.8 Å². The summed E-state index contributed by atoms with van der Waals surface area (Å²) < 4.78 is 7.84. The molecule has 0 aliphatic carbocycles. The lowest BCUT2D eigenvalue weighted by Crippen LogP contribution is -2.29. The third-order valence-electron chi connectivity index (χ3n) is 7.84. The molecule has 0 unspecified atom stereocenters. The first-order chi connectivity index (χ1) is 21.3. The van der Waals surface area contributed by atoms with Crippen LogP contribution in [0.2, 0.25) is 5.02 Å². The number of halogens is 1. The number of anilines is 2. The number of nitrogens with one attached hydrogen (secondary N) is 2. The Morgan fingerprint density at radius 2 is 1.73 bits per heavy atom. The fourth-order valence-electron chi connectivity index (χ4n) is 5.80. The number of amides is 1. The maximum atomic E-state index is 12.6. The number of thiocarbonyl (C=S) groups is 1. The van der Waals surface area contributed by atoms with Gasteiger partial charge in [-0.1, -0.05) is 41.9 Å². The van der Waals surface area contributed by atoms with Gasteiger partial charge >= 0.3 is 0 Å². The molecule has 0 bridgehead atoms. The van der Waals surface area contributed by atoms with Crippen molar-refractivity contribution in [3.8, 4) is 11.4 Å². The van der Waals surface area contributed by atoms with E-state index in [2.05, 4.69) is 46.9 Å².